The molecule has 3 rings (SSSR count). The molecular formula is C23H23NO3S. The molecule has 0 saturated heterocycles. The number of carbonyl (C=O) groups is 1. The third-order valence-electron chi connectivity index (χ3n) is 4.36. The molecule has 1 amide bonds. The van der Waals surface area contributed by atoms with E-state index < -0.39 is 6.09 Å². The van der Waals surface area contributed by atoms with Gasteiger partial charge < -0.3 is 14.7 Å². The zero-order valence-electron chi connectivity index (χ0n) is 15.7. The van der Waals surface area contributed by atoms with Crippen molar-refractivity contribution in [3.8, 4) is 5.75 Å². The van der Waals surface area contributed by atoms with Crippen molar-refractivity contribution in [1.29, 1.82) is 0 Å². The number of ether oxygens (including phenoxy) is 1. The fourth-order valence-electron chi connectivity index (χ4n) is 2.84. The van der Waals surface area contributed by atoms with E-state index in [-0.39, 0.29) is 0 Å². The van der Waals surface area contributed by atoms with E-state index in [9.17, 15) is 9.90 Å². The van der Waals surface area contributed by atoms with Crippen LogP contribution in [0.25, 0.3) is 0 Å². The van der Waals surface area contributed by atoms with E-state index in [0.717, 1.165) is 26.7 Å². The van der Waals surface area contributed by atoms with Crippen molar-refractivity contribution in [2.24, 2.45) is 0 Å². The second-order valence-corrected chi connectivity index (χ2v) is 7.51. The van der Waals surface area contributed by atoms with Crippen molar-refractivity contribution in [1.82, 2.24) is 4.90 Å². The highest BCUT2D eigenvalue weighted by molar-refractivity contribution is 7.99. The van der Waals surface area contributed by atoms with E-state index in [2.05, 4.69) is 30.3 Å². The number of hydrogen-bond acceptors (Lipinski definition) is 3. The minimum absolute atomic E-state index is 0.403. The van der Waals surface area contributed by atoms with Crippen LogP contribution >= 0.6 is 11.8 Å². The average molecular weight is 394 g/mol. The molecule has 0 saturated carbocycles. The molecule has 5 heteroatoms. The van der Waals surface area contributed by atoms with Gasteiger partial charge in [-0.1, -0.05) is 60.3 Å². The lowest BCUT2D eigenvalue weighted by atomic mass is 10.1. The Morgan fingerprint density at radius 2 is 1.68 bits per heavy atom. The number of carboxylic acid groups (broad SMARTS) is 1. The lowest BCUT2D eigenvalue weighted by molar-refractivity contribution is 0.143. The van der Waals surface area contributed by atoms with Crippen molar-refractivity contribution in [2.45, 2.75) is 22.8 Å². The van der Waals surface area contributed by atoms with Crippen LogP contribution in [0.15, 0.2) is 88.7 Å². The zero-order valence-corrected chi connectivity index (χ0v) is 16.6. The van der Waals surface area contributed by atoms with Crippen molar-refractivity contribution >= 4 is 17.9 Å². The van der Waals surface area contributed by atoms with Gasteiger partial charge in [-0.3, -0.25) is 0 Å². The highest BCUT2D eigenvalue weighted by atomic mass is 32.2. The normalized spacial score (nSPS) is 10.5. The molecule has 0 aliphatic carbocycles. The van der Waals surface area contributed by atoms with E-state index in [1.807, 2.05) is 48.5 Å². The first-order chi connectivity index (χ1) is 13.6. The van der Waals surface area contributed by atoms with Gasteiger partial charge in [0.05, 0.1) is 7.11 Å². The number of rotatable bonds is 8. The Kier molecular flexibility index (Phi) is 6.98. The lowest BCUT2D eigenvalue weighted by Gasteiger charge is -2.19. The zero-order chi connectivity index (χ0) is 19.8. The van der Waals surface area contributed by atoms with Crippen molar-refractivity contribution in [3.63, 3.8) is 0 Å². The predicted molar refractivity (Wildman–Crippen MR) is 112 cm³/mol. The van der Waals surface area contributed by atoms with Crippen LogP contribution in [-0.4, -0.2) is 29.8 Å². The highest BCUT2D eigenvalue weighted by Gasteiger charge is 2.12. The minimum atomic E-state index is -0.894. The summed E-state index contributed by atoms with van der Waals surface area (Å²) in [7, 11) is 1.66. The Labute approximate surface area is 169 Å². The van der Waals surface area contributed by atoms with Crippen LogP contribution in [0.4, 0.5) is 4.79 Å². The first kappa shape index (κ1) is 19.8. The average Bonchev–Trinajstić information content (AvgIpc) is 2.73. The molecule has 0 fully saturated rings. The van der Waals surface area contributed by atoms with E-state index in [1.54, 1.807) is 18.9 Å². The monoisotopic (exact) mass is 393 g/mol. The summed E-state index contributed by atoms with van der Waals surface area (Å²) < 4.78 is 5.26. The van der Waals surface area contributed by atoms with Gasteiger partial charge in [-0.05, 0) is 47.9 Å². The maximum Gasteiger partial charge on any atom is 0.407 e. The number of amides is 1. The van der Waals surface area contributed by atoms with Crippen LogP contribution in [0.1, 0.15) is 11.1 Å². The molecule has 0 heterocycles. The molecule has 0 bridgehead atoms. The first-order valence-electron chi connectivity index (χ1n) is 9.06. The summed E-state index contributed by atoms with van der Waals surface area (Å²) in [6.07, 6.45) is -0.211. The summed E-state index contributed by atoms with van der Waals surface area (Å²) in [5.74, 6) is 0.841. The summed E-state index contributed by atoms with van der Waals surface area (Å²) in [5.41, 5.74) is 2.12. The highest BCUT2D eigenvalue weighted by Crippen LogP contribution is 2.30. The number of hydrogen-bond donors (Lipinski definition) is 1. The second kappa shape index (κ2) is 9.85. The Balaban J connectivity index is 1.57. The molecule has 0 unspecified atom stereocenters. The molecule has 0 aliphatic heterocycles. The van der Waals surface area contributed by atoms with Gasteiger partial charge in [0.1, 0.15) is 5.75 Å². The Morgan fingerprint density at radius 1 is 0.929 bits per heavy atom. The van der Waals surface area contributed by atoms with Crippen LogP contribution < -0.4 is 4.74 Å². The molecule has 4 nitrogen and oxygen atoms in total. The molecule has 144 valence electrons. The number of benzene rings is 3. The van der Waals surface area contributed by atoms with Crippen LogP contribution in [0.5, 0.6) is 5.75 Å². The molecule has 0 spiro atoms. The molecule has 1 N–H and O–H groups in total. The van der Waals surface area contributed by atoms with E-state index in [1.165, 1.54) is 4.90 Å². The van der Waals surface area contributed by atoms with E-state index >= 15 is 0 Å². The number of nitrogens with zero attached hydrogens (tertiary/aromatic N) is 1. The van der Waals surface area contributed by atoms with Gasteiger partial charge in [0.2, 0.25) is 0 Å². The van der Waals surface area contributed by atoms with Gasteiger partial charge in [0.15, 0.2) is 0 Å². The quantitative estimate of drug-likeness (QED) is 0.544. The largest absolute Gasteiger partial charge is 0.497 e. The Hall–Kier alpha value is -2.92. The van der Waals surface area contributed by atoms with Crippen molar-refractivity contribution in [3.05, 3.63) is 90.0 Å². The summed E-state index contributed by atoms with van der Waals surface area (Å²) >= 11 is 1.67. The number of methoxy groups -OCH3 is 1. The first-order valence-corrected chi connectivity index (χ1v) is 9.88. The van der Waals surface area contributed by atoms with Gasteiger partial charge in [-0.15, -0.1) is 0 Å². The molecule has 3 aromatic rings. The van der Waals surface area contributed by atoms with Crippen molar-refractivity contribution < 1.29 is 14.6 Å². The van der Waals surface area contributed by atoms with Gasteiger partial charge in [-0.25, -0.2) is 4.79 Å². The summed E-state index contributed by atoms with van der Waals surface area (Å²) in [5, 5.41) is 9.48. The smallest absolute Gasteiger partial charge is 0.407 e. The molecule has 28 heavy (non-hydrogen) atoms. The van der Waals surface area contributed by atoms with Gasteiger partial charge in [0.25, 0.3) is 0 Å². The Morgan fingerprint density at radius 3 is 2.36 bits per heavy atom. The molecule has 3 aromatic carbocycles. The Bertz CT molecular complexity index is 897. The SMILES string of the molecule is COc1cccc(Sc2ccc(CCN(Cc3ccccc3)C(=O)O)cc2)c1. The summed E-state index contributed by atoms with van der Waals surface area (Å²) in [4.78, 5) is 15.3. The summed E-state index contributed by atoms with van der Waals surface area (Å²) in [6.45, 7) is 0.868. The maximum absolute atomic E-state index is 11.5. The standard InChI is InChI=1S/C23H23NO3S/c1-27-20-8-5-9-22(16-20)28-21-12-10-18(11-13-21)14-15-24(23(25)26)17-19-6-3-2-4-7-19/h2-13,16H,14-15,17H2,1H3,(H,25,26). The third kappa shape index (κ3) is 5.79. The van der Waals surface area contributed by atoms with Crippen LogP contribution in [0.3, 0.4) is 0 Å². The molecule has 0 atom stereocenters. The maximum atomic E-state index is 11.5. The van der Waals surface area contributed by atoms with Crippen LogP contribution in [0.2, 0.25) is 0 Å². The fraction of sp³-hybridized carbons (Fsp3) is 0.174. The third-order valence-corrected chi connectivity index (χ3v) is 5.35. The minimum Gasteiger partial charge on any atom is -0.497 e. The predicted octanol–water partition coefficient (Wildman–Crippen LogP) is 5.57. The molecule has 0 radical (unpaired) electrons. The van der Waals surface area contributed by atoms with Crippen molar-refractivity contribution in [2.75, 3.05) is 13.7 Å². The lowest BCUT2D eigenvalue weighted by Crippen LogP contribution is -2.30. The van der Waals surface area contributed by atoms with E-state index in [4.69, 9.17) is 4.74 Å². The molecular weight excluding hydrogens is 370 g/mol. The second-order valence-electron chi connectivity index (χ2n) is 6.36. The fourth-order valence-corrected chi connectivity index (χ4v) is 3.70. The topological polar surface area (TPSA) is 49.8 Å². The van der Waals surface area contributed by atoms with E-state index in [0.29, 0.717) is 19.5 Å². The molecule has 0 aliphatic rings. The molecule has 0 aromatic heterocycles. The van der Waals surface area contributed by atoms with Crippen LogP contribution in [0, 0.1) is 0 Å². The van der Waals surface area contributed by atoms with Gasteiger partial charge in [-0.2, -0.15) is 0 Å². The van der Waals surface area contributed by atoms with Gasteiger partial charge >= 0.3 is 6.09 Å². The summed E-state index contributed by atoms with van der Waals surface area (Å²) in [6, 6.07) is 25.9. The van der Waals surface area contributed by atoms with Crippen LogP contribution in [-0.2, 0) is 13.0 Å². The van der Waals surface area contributed by atoms with Gasteiger partial charge in [0, 0.05) is 22.9 Å².